The summed E-state index contributed by atoms with van der Waals surface area (Å²) in [5.74, 6) is 0.996. The van der Waals surface area contributed by atoms with Crippen LogP contribution in [-0.2, 0) is 27.5 Å². The number of aryl methyl sites for hydroxylation is 1. The summed E-state index contributed by atoms with van der Waals surface area (Å²) >= 11 is 1.68. The topological polar surface area (TPSA) is 85.5 Å². The van der Waals surface area contributed by atoms with Crippen molar-refractivity contribution < 1.29 is 17.1 Å². The molecule has 2 aromatic heterocycles. The lowest BCUT2D eigenvalue weighted by Gasteiger charge is -2.17. The van der Waals surface area contributed by atoms with Crippen LogP contribution in [0.3, 0.4) is 0 Å². The summed E-state index contributed by atoms with van der Waals surface area (Å²) in [5.41, 5.74) is 2.77. The number of aromatic nitrogens is 2. The van der Waals surface area contributed by atoms with E-state index in [1.165, 1.54) is 10.4 Å². The van der Waals surface area contributed by atoms with Gasteiger partial charge < -0.3 is 4.52 Å². The van der Waals surface area contributed by atoms with Crippen LogP contribution in [0.2, 0.25) is 0 Å². The average Bonchev–Trinajstić information content (AvgIpc) is 3.31. The molecule has 0 aliphatic heterocycles. The van der Waals surface area contributed by atoms with Crippen LogP contribution in [0, 0.1) is 6.92 Å². The van der Waals surface area contributed by atoms with Gasteiger partial charge in [-0.1, -0.05) is 43.3 Å². The molecular weight excluding hydrogens is 410 g/mol. The first-order chi connectivity index (χ1) is 13.8. The summed E-state index contributed by atoms with van der Waals surface area (Å²) in [6.45, 7) is 9.37. The molecule has 0 N–H and O–H groups in total. The number of hydrogen-bond donors (Lipinski definition) is 0. The van der Waals surface area contributed by atoms with E-state index >= 15 is 0 Å². The molecule has 7 nitrogen and oxygen atoms in total. The first-order valence-electron chi connectivity index (χ1n) is 9.38. The lowest BCUT2D eigenvalue weighted by atomic mass is 10.1. The number of hydrogen-bond acceptors (Lipinski definition) is 8. The van der Waals surface area contributed by atoms with Crippen molar-refractivity contribution in [1.82, 2.24) is 15.0 Å². The van der Waals surface area contributed by atoms with E-state index in [4.69, 9.17) is 8.71 Å². The molecule has 0 bridgehead atoms. The molecule has 1 aromatic carbocycles. The van der Waals surface area contributed by atoms with Gasteiger partial charge in [0, 0.05) is 17.0 Å². The molecule has 0 saturated carbocycles. The Morgan fingerprint density at radius 3 is 2.48 bits per heavy atom. The Bertz CT molecular complexity index is 1050. The molecule has 0 aliphatic rings. The second-order valence-corrected chi connectivity index (χ2v) is 9.55. The number of thiophene rings is 1. The molecule has 9 heteroatoms. The van der Waals surface area contributed by atoms with E-state index in [0.717, 1.165) is 41.9 Å². The maximum atomic E-state index is 11.1. The van der Waals surface area contributed by atoms with Gasteiger partial charge in [0.05, 0.1) is 17.7 Å². The maximum Gasteiger partial charge on any atom is 0.268 e. The van der Waals surface area contributed by atoms with Gasteiger partial charge in [0.25, 0.3) is 16.0 Å². The number of benzene rings is 1. The fourth-order valence-corrected chi connectivity index (χ4v) is 4.29. The molecule has 0 spiro atoms. The van der Waals surface area contributed by atoms with Gasteiger partial charge in [-0.2, -0.15) is 13.4 Å². The zero-order valence-corrected chi connectivity index (χ0v) is 18.6. The summed E-state index contributed by atoms with van der Waals surface area (Å²) < 4.78 is 32.5. The van der Waals surface area contributed by atoms with E-state index in [9.17, 15) is 8.42 Å². The van der Waals surface area contributed by atoms with Gasteiger partial charge in [-0.15, -0.1) is 11.3 Å². The molecule has 0 fully saturated rings. The molecule has 0 atom stereocenters. The molecule has 3 aromatic rings. The van der Waals surface area contributed by atoms with Gasteiger partial charge in [0.15, 0.2) is 0 Å². The third-order valence-electron chi connectivity index (χ3n) is 4.57. The molecule has 0 radical (unpaired) electrons. The zero-order valence-electron chi connectivity index (χ0n) is 17.0. The van der Waals surface area contributed by atoms with Crippen molar-refractivity contribution in [3.05, 3.63) is 46.3 Å². The summed E-state index contributed by atoms with van der Waals surface area (Å²) in [6.07, 6.45) is 1.03. The van der Waals surface area contributed by atoms with Gasteiger partial charge in [-0.05, 0) is 37.2 Å². The van der Waals surface area contributed by atoms with Crippen LogP contribution in [0.4, 0.5) is 0 Å². The fraction of sp³-hybridized carbons (Fsp3) is 0.400. The molecule has 29 heavy (non-hydrogen) atoms. The van der Waals surface area contributed by atoms with E-state index in [1.54, 1.807) is 23.5 Å². The van der Waals surface area contributed by atoms with Crippen molar-refractivity contribution in [3.63, 3.8) is 0 Å². The maximum absolute atomic E-state index is 11.1. The Morgan fingerprint density at radius 1 is 1.17 bits per heavy atom. The molecular formula is C20H25N3O4S2. The highest BCUT2D eigenvalue weighted by Gasteiger charge is 2.16. The van der Waals surface area contributed by atoms with Crippen LogP contribution in [-0.4, -0.2) is 42.8 Å². The van der Waals surface area contributed by atoms with Crippen LogP contribution < -0.4 is 0 Å². The summed E-state index contributed by atoms with van der Waals surface area (Å²) in [7, 11) is -3.47. The van der Waals surface area contributed by atoms with Gasteiger partial charge in [0.1, 0.15) is 0 Å². The third-order valence-corrected chi connectivity index (χ3v) is 6.33. The van der Waals surface area contributed by atoms with Crippen molar-refractivity contribution >= 4 is 21.5 Å². The lowest BCUT2D eigenvalue weighted by molar-refractivity contribution is 0.298. The minimum atomic E-state index is -3.47. The van der Waals surface area contributed by atoms with Crippen molar-refractivity contribution in [2.24, 2.45) is 0 Å². The molecule has 0 aliphatic carbocycles. The second-order valence-electron chi connectivity index (χ2n) is 6.76. The summed E-state index contributed by atoms with van der Waals surface area (Å²) in [4.78, 5) is 9.17. The smallest absolute Gasteiger partial charge is 0.268 e. The molecule has 3 rings (SSSR count). The number of rotatable bonds is 9. The lowest BCUT2D eigenvalue weighted by Crippen LogP contribution is -2.21. The van der Waals surface area contributed by atoms with Crippen LogP contribution in [0.25, 0.3) is 22.2 Å². The van der Waals surface area contributed by atoms with Crippen molar-refractivity contribution in [2.45, 2.75) is 33.9 Å². The SMILES string of the molecule is CCN(CC)Cc1sc(-c2nc(-c3ccc(COS(C)(=O)=O)cc3)no2)cc1C. The zero-order chi connectivity index (χ0) is 21.0. The minimum absolute atomic E-state index is 0.000391. The van der Waals surface area contributed by atoms with Crippen LogP contribution in [0.15, 0.2) is 34.9 Å². The highest BCUT2D eigenvalue weighted by atomic mass is 32.2. The normalized spacial score (nSPS) is 12.0. The first kappa shape index (κ1) is 21.6. The van der Waals surface area contributed by atoms with E-state index in [2.05, 4.69) is 41.9 Å². The van der Waals surface area contributed by atoms with Crippen molar-refractivity contribution in [3.8, 4) is 22.2 Å². The van der Waals surface area contributed by atoms with Crippen molar-refractivity contribution in [2.75, 3.05) is 19.3 Å². The monoisotopic (exact) mass is 435 g/mol. The van der Waals surface area contributed by atoms with E-state index in [1.807, 2.05) is 12.1 Å². The first-order valence-corrected chi connectivity index (χ1v) is 12.0. The molecule has 156 valence electrons. The Hall–Kier alpha value is -2.07. The van der Waals surface area contributed by atoms with Gasteiger partial charge in [-0.3, -0.25) is 9.08 Å². The largest absolute Gasteiger partial charge is 0.333 e. The van der Waals surface area contributed by atoms with E-state index in [0.29, 0.717) is 11.7 Å². The van der Waals surface area contributed by atoms with Crippen molar-refractivity contribution in [1.29, 1.82) is 0 Å². The summed E-state index contributed by atoms with van der Waals surface area (Å²) in [5, 5.41) is 4.09. The standard InChI is InChI=1S/C20H25N3O4S2/c1-5-23(6-2)12-18-14(3)11-17(28-18)20-21-19(22-27-20)16-9-7-15(8-10-16)13-26-29(4,24)25/h7-11H,5-6,12-13H2,1-4H3. The van der Waals surface area contributed by atoms with Crippen LogP contribution in [0.1, 0.15) is 29.9 Å². The van der Waals surface area contributed by atoms with E-state index < -0.39 is 10.1 Å². The van der Waals surface area contributed by atoms with Crippen LogP contribution >= 0.6 is 11.3 Å². The van der Waals surface area contributed by atoms with Crippen LogP contribution in [0.5, 0.6) is 0 Å². The highest BCUT2D eigenvalue weighted by molar-refractivity contribution is 7.85. The molecule has 2 heterocycles. The predicted molar refractivity (Wildman–Crippen MR) is 114 cm³/mol. The Labute approximate surface area is 175 Å². The fourth-order valence-electron chi connectivity index (χ4n) is 2.80. The Morgan fingerprint density at radius 2 is 1.86 bits per heavy atom. The second kappa shape index (κ2) is 9.17. The Kier molecular flexibility index (Phi) is 6.84. The third kappa shape index (κ3) is 5.72. The summed E-state index contributed by atoms with van der Waals surface area (Å²) in [6, 6.07) is 9.30. The van der Waals surface area contributed by atoms with Gasteiger partial charge in [-0.25, -0.2) is 0 Å². The predicted octanol–water partition coefficient (Wildman–Crippen LogP) is 4.09. The van der Waals surface area contributed by atoms with Gasteiger partial charge in [0.2, 0.25) is 5.82 Å². The molecule has 0 saturated heterocycles. The Balaban J connectivity index is 1.74. The minimum Gasteiger partial charge on any atom is -0.333 e. The molecule has 0 amide bonds. The highest BCUT2D eigenvalue weighted by Crippen LogP contribution is 2.32. The number of nitrogens with zero attached hydrogens (tertiary/aromatic N) is 3. The molecule has 0 unspecified atom stereocenters. The average molecular weight is 436 g/mol. The van der Waals surface area contributed by atoms with Gasteiger partial charge >= 0.3 is 0 Å². The quantitative estimate of drug-likeness (QED) is 0.468. The van der Waals surface area contributed by atoms with E-state index in [-0.39, 0.29) is 6.61 Å².